The van der Waals surface area contributed by atoms with Gasteiger partial charge in [-0.15, -0.1) is 11.3 Å². The number of nitrogens with zero attached hydrogens (tertiary/aromatic N) is 1. The van der Waals surface area contributed by atoms with E-state index >= 15 is 0 Å². The van der Waals surface area contributed by atoms with Crippen molar-refractivity contribution in [2.75, 3.05) is 13.6 Å². The largest absolute Gasteiger partial charge is 0.312 e. The molecule has 2 nitrogen and oxygen atoms in total. The van der Waals surface area contributed by atoms with Gasteiger partial charge in [-0.05, 0) is 44.5 Å². The normalized spacial score (nSPS) is 17.6. The second-order valence-corrected chi connectivity index (χ2v) is 8.21. The SMILES string of the molecule is CC(C)CNCc1ccc(CN(C)C2CCCCCC2)s1. The molecule has 0 spiro atoms. The maximum atomic E-state index is 3.54. The van der Waals surface area contributed by atoms with Gasteiger partial charge in [0.15, 0.2) is 0 Å². The summed E-state index contributed by atoms with van der Waals surface area (Å²) in [4.78, 5) is 5.57. The van der Waals surface area contributed by atoms with Crippen LogP contribution in [-0.4, -0.2) is 24.5 Å². The lowest BCUT2D eigenvalue weighted by Gasteiger charge is -2.26. The third-order valence-corrected chi connectivity index (χ3v) is 5.49. The number of hydrogen-bond donors (Lipinski definition) is 1. The van der Waals surface area contributed by atoms with Crippen molar-refractivity contribution in [3.63, 3.8) is 0 Å². The summed E-state index contributed by atoms with van der Waals surface area (Å²) < 4.78 is 0. The lowest BCUT2D eigenvalue weighted by Crippen LogP contribution is -2.30. The molecule has 0 radical (unpaired) electrons. The lowest BCUT2D eigenvalue weighted by molar-refractivity contribution is 0.215. The first-order valence-corrected chi connectivity index (χ1v) is 9.45. The van der Waals surface area contributed by atoms with Gasteiger partial charge in [0.05, 0.1) is 0 Å². The van der Waals surface area contributed by atoms with Crippen LogP contribution in [0.15, 0.2) is 12.1 Å². The molecular weight excluding hydrogens is 276 g/mol. The molecular formula is C18H32N2S. The molecule has 0 atom stereocenters. The van der Waals surface area contributed by atoms with Gasteiger partial charge >= 0.3 is 0 Å². The molecule has 1 aromatic rings. The summed E-state index contributed by atoms with van der Waals surface area (Å²) in [7, 11) is 2.31. The molecule has 0 amide bonds. The van der Waals surface area contributed by atoms with E-state index < -0.39 is 0 Å². The number of rotatable bonds is 7. The molecule has 1 aromatic heterocycles. The fourth-order valence-electron chi connectivity index (χ4n) is 3.16. The van der Waals surface area contributed by atoms with Crippen LogP contribution < -0.4 is 5.32 Å². The van der Waals surface area contributed by atoms with Crippen LogP contribution in [0.3, 0.4) is 0 Å². The first-order valence-electron chi connectivity index (χ1n) is 8.63. The molecule has 1 heterocycles. The summed E-state index contributed by atoms with van der Waals surface area (Å²) in [6, 6.07) is 5.43. The standard InChI is InChI=1S/C18H32N2S/c1-15(2)12-19-13-17-10-11-18(21-17)14-20(3)16-8-6-4-5-7-9-16/h10-11,15-16,19H,4-9,12-14H2,1-3H3. The smallest absolute Gasteiger partial charge is 0.0327 e. The highest BCUT2D eigenvalue weighted by molar-refractivity contribution is 7.11. The molecule has 0 aliphatic heterocycles. The molecule has 1 aliphatic carbocycles. The van der Waals surface area contributed by atoms with E-state index in [9.17, 15) is 0 Å². The van der Waals surface area contributed by atoms with Crippen molar-refractivity contribution in [3.8, 4) is 0 Å². The highest BCUT2D eigenvalue weighted by Gasteiger charge is 2.17. The molecule has 0 unspecified atom stereocenters. The summed E-state index contributed by atoms with van der Waals surface area (Å²) >= 11 is 1.98. The Morgan fingerprint density at radius 1 is 1.14 bits per heavy atom. The molecule has 1 aliphatic rings. The number of nitrogens with one attached hydrogen (secondary N) is 1. The summed E-state index contributed by atoms with van der Waals surface area (Å²) in [5, 5.41) is 3.54. The van der Waals surface area contributed by atoms with Crippen LogP contribution in [0.5, 0.6) is 0 Å². The minimum atomic E-state index is 0.728. The van der Waals surface area contributed by atoms with E-state index in [1.165, 1.54) is 48.3 Å². The second kappa shape index (κ2) is 8.92. The summed E-state index contributed by atoms with van der Waals surface area (Å²) in [6.45, 7) is 7.77. The summed E-state index contributed by atoms with van der Waals surface area (Å²) in [6.07, 6.45) is 8.51. The highest BCUT2D eigenvalue weighted by Crippen LogP contribution is 2.24. The Balaban J connectivity index is 1.78. The van der Waals surface area contributed by atoms with Gasteiger partial charge in [-0.1, -0.05) is 39.5 Å². The van der Waals surface area contributed by atoms with E-state index in [1.807, 2.05) is 11.3 Å². The van der Waals surface area contributed by atoms with E-state index in [-0.39, 0.29) is 0 Å². The van der Waals surface area contributed by atoms with Gasteiger partial charge in [-0.25, -0.2) is 0 Å². The predicted octanol–water partition coefficient (Wildman–Crippen LogP) is 4.65. The van der Waals surface area contributed by atoms with Crippen LogP contribution in [0.25, 0.3) is 0 Å². The van der Waals surface area contributed by atoms with Crippen LogP contribution in [0.4, 0.5) is 0 Å². The molecule has 3 heteroatoms. The Hall–Kier alpha value is -0.380. The van der Waals surface area contributed by atoms with Gasteiger partial charge in [0.25, 0.3) is 0 Å². The van der Waals surface area contributed by atoms with Crippen molar-refractivity contribution in [1.29, 1.82) is 0 Å². The van der Waals surface area contributed by atoms with Gasteiger partial charge < -0.3 is 5.32 Å². The van der Waals surface area contributed by atoms with Crippen LogP contribution in [0.2, 0.25) is 0 Å². The zero-order chi connectivity index (χ0) is 15.1. The summed E-state index contributed by atoms with van der Waals surface area (Å²) in [5.41, 5.74) is 0. The van der Waals surface area contributed by atoms with Gasteiger partial charge in [-0.2, -0.15) is 0 Å². The molecule has 0 aromatic carbocycles. The Kier molecular flexibility index (Phi) is 7.21. The van der Waals surface area contributed by atoms with Crippen LogP contribution >= 0.6 is 11.3 Å². The van der Waals surface area contributed by atoms with E-state index in [0.29, 0.717) is 0 Å². The van der Waals surface area contributed by atoms with Crippen molar-refractivity contribution < 1.29 is 0 Å². The summed E-state index contributed by atoms with van der Waals surface area (Å²) in [5.74, 6) is 0.728. The highest BCUT2D eigenvalue weighted by atomic mass is 32.1. The molecule has 1 fully saturated rings. The van der Waals surface area contributed by atoms with Crippen molar-refractivity contribution in [3.05, 3.63) is 21.9 Å². The third kappa shape index (κ3) is 6.09. The van der Waals surface area contributed by atoms with E-state index in [4.69, 9.17) is 0 Å². The first kappa shape index (κ1) is 17.0. The van der Waals surface area contributed by atoms with Crippen LogP contribution in [0.1, 0.15) is 62.1 Å². The zero-order valence-electron chi connectivity index (χ0n) is 14.0. The third-order valence-electron chi connectivity index (χ3n) is 4.42. The lowest BCUT2D eigenvalue weighted by atomic mass is 10.1. The fourth-order valence-corrected chi connectivity index (χ4v) is 4.21. The molecule has 2 rings (SSSR count). The molecule has 21 heavy (non-hydrogen) atoms. The Bertz CT molecular complexity index is 392. The average Bonchev–Trinajstić information content (AvgIpc) is 2.72. The van der Waals surface area contributed by atoms with Crippen molar-refractivity contribution in [2.24, 2.45) is 5.92 Å². The number of hydrogen-bond acceptors (Lipinski definition) is 3. The fraction of sp³-hybridized carbons (Fsp3) is 0.778. The van der Waals surface area contributed by atoms with Crippen molar-refractivity contribution >= 4 is 11.3 Å². The van der Waals surface area contributed by atoms with E-state index in [1.54, 1.807) is 0 Å². The van der Waals surface area contributed by atoms with Gasteiger partial charge in [-0.3, -0.25) is 4.90 Å². The van der Waals surface area contributed by atoms with Crippen LogP contribution in [0, 0.1) is 5.92 Å². The Labute approximate surface area is 134 Å². The maximum Gasteiger partial charge on any atom is 0.0327 e. The van der Waals surface area contributed by atoms with Gasteiger partial charge in [0, 0.05) is 28.9 Å². The Morgan fingerprint density at radius 2 is 1.81 bits per heavy atom. The van der Waals surface area contributed by atoms with Crippen molar-refractivity contribution in [2.45, 2.75) is 71.5 Å². The maximum absolute atomic E-state index is 3.54. The molecule has 1 N–H and O–H groups in total. The predicted molar refractivity (Wildman–Crippen MR) is 93.8 cm³/mol. The Morgan fingerprint density at radius 3 is 2.48 bits per heavy atom. The second-order valence-electron chi connectivity index (χ2n) is 6.95. The number of thiophene rings is 1. The monoisotopic (exact) mass is 308 g/mol. The van der Waals surface area contributed by atoms with Crippen LogP contribution in [-0.2, 0) is 13.1 Å². The van der Waals surface area contributed by atoms with Crippen molar-refractivity contribution in [1.82, 2.24) is 10.2 Å². The average molecular weight is 309 g/mol. The minimum absolute atomic E-state index is 0.728. The first-order chi connectivity index (χ1) is 10.1. The van der Waals surface area contributed by atoms with Gasteiger partial charge in [0.2, 0.25) is 0 Å². The molecule has 0 bridgehead atoms. The minimum Gasteiger partial charge on any atom is -0.312 e. The molecule has 1 saturated carbocycles. The van der Waals surface area contributed by atoms with Gasteiger partial charge in [0.1, 0.15) is 0 Å². The molecule has 0 saturated heterocycles. The van der Waals surface area contributed by atoms with E-state index in [2.05, 4.69) is 43.2 Å². The van der Waals surface area contributed by atoms with E-state index in [0.717, 1.165) is 31.6 Å². The quantitative estimate of drug-likeness (QED) is 0.738. The molecule has 120 valence electrons. The topological polar surface area (TPSA) is 15.3 Å². The zero-order valence-corrected chi connectivity index (χ0v) is 14.8.